The SMILES string of the molecule is COc1ccc(-c2ccncc2)cc1NC(=O)CC(C)CN. The van der Waals surface area contributed by atoms with E-state index in [2.05, 4.69) is 10.3 Å². The van der Waals surface area contributed by atoms with Crippen molar-refractivity contribution in [2.75, 3.05) is 19.0 Å². The van der Waals surface area contributed by atoms with E-state index >= 15 is 0 Å². The predicted molar refractivity (Wildman–Crippen MR) is 87.7 cm³/mol. The molecule has 2 aromatic rings. The van der Waals surface area contributed by atoms with Crippen LogP contribution in [0, 0.1) is 5.92 Å². The van der Waals surface area contributed by atoms with Crippen LogP contribution in [-0.4, -0.2) is 24.5 Å². The number of pyridine rings is 1. The molecular weight excluding hydrogens is 278 g/mol. The Bertz CT molecular complexity index is 629. The number of carbonyl (C=O) groups is 1. The zero-order chi connectivity index (χ0) is 15.9. The monoisotopic (exact) mass is 299 g/mol. The lowest BCUT2D eigenvalue weighted by molar-refractivity contribution is -0.116. The Labute approximate surface area is 130 Å². The van der Waals surface area contributed by atoms with Crippen molar-refractivity contribution in [3.05, 3.63) is 42.7 Å². The smallest absolute Gasteiger partial charge is 0.224 e. The maximum Gasteiger partial charge on any atom is 0.224 e. The Morgan fingerprint density at radius 2 is 2.00 bits per heavy atom. The lowest BCUT2D eigenvalue weighted by Gasteiger charge is -2.14. The standard InChI is InChI=1S/C17H21N3O2/c1-12(11-18)9-17(21)20-15-10-14(3-4-16(15)22-2)13-5-7-19-8-6-13/h3-8,10,12H,9,11,18H2,1-2H3,(H,20,21). The Morgan fingerprint density at radius 3 is 2.64 bits per heavy atom. The van der Waals surface area contributed by atoms with Crippen molar-refractivity contribution in [3.8, 4) is 16.9 Å². The normalized spacial score (nSPS) is 11.8. The molecule has 3 N–H and O–H groups in total. The molecule has 0 aliphatic heterocycles. The number of benzene rings is 1. The lowest BCUT2D eigenvalue weighted by Crippen LogP contribution is -2.20. The summed E-state index contributed by atoms with van der Waals surface area (Å²) in [6, 6.07) is 9.54. The van der Waals surface area contributed by atoms with Gasteiger partial charge in [0.25, 0.3) is 0 Å². The van der Waals surface area contributed by atoms with E-state index in [0.717, 1.165) is 11.1 Å². The highest BCUT2D eigenvalue weighted by atomic mass is 16.5. The van der Waals surface area contributed by atoms with Crippen LogP contribution in [0.25, 0.3) is 11.1 Å². The molecule has 22 heavy (non-hydrogen) atoms. The Kier molecular flexibility index (Phi) is 5.49. The molecule has 0 aliphatic carbocycles. The van der Waals surface area contributed by atoms with Gasteiger partial charge in [0.15, 0.2) is 0 Å². The van der Waals surface area contributed by atoms with Gasteiger partial charge in [0.1, 0.15) is 5.75 Å². The summed E-state index contributed by atoms with van der Waals surface area (Å²) < 4.78 is 5.32. The second-order valence-electron chi connectivity index (χ2n) is 5.24. The number of hydrogen-bond acceptors (Lipinski definition) is 4. The van der Waals surface area contributed by atoms with E-state index in [4.69, 9.17) is 10.5 Å². The molecule has 0 bridgehead atoms. The molecule has 1 heterocycles. The summed E-state index contributed by atoms with van der Waals surface area (Å²) in [7, 11) is 1.58. The molecule has 2 rings (SSSR count). The highest BCUT2D eigenvalue weighted by molar-refractivity contribution is 5.93. The number of hydrogen-bond donors (Lipinski definition) is 2. The zero-order valence-electron chi connectivity index (χ0n) is 12.9. The molecule has 5 nitrogen and oxygen atoms in total. The summed E-state index contributed by atoms with van der Waals surface area (Å²) in [4.78, 5) is 16.1. The minimum atomic E-state index is -0.0665. The molecule has 5 heteroatoms. The van der Waals surface area contributed by atoms with E-state index in [1.54, 1.807) is 19.5 Å². The Morgan fingerprint density at radius 1 is 1.27 bits per heavy atom. The van der Waals surface area contributed by atoms with E-state index < -0.39 is 0 Å². The van der Waals surface area contributed by atoms with E-state index in [1.807, 2.05) is 37.3 Å². The highest BCUT2D eigenvalue weighted by Gasteiger charge is 2.12. The van der Waals surface area contributed by atoms with Gasteiger partial charge in [-0.1, -0.05) is 13.0 Å². The van der Waals surface area contributed by atoms with Gasteiger partial charge in [0.2, 0.25) is 5.91 Å². The number of amides is 1. The third-order valence-electron chi connectivity index (χ3n) is 3.42. The fourth-order valence-electron chi connectivity index (χ4n) is 2.13. The minimum absolute atomic E-state index is 0.0665. The van der Waals surface area contributed by atoms with Crippen LogP contribution in [0.3, 0.4) is 0 Å². The highest BCUT2D eigenvalue weighted by Crippen LogP contribution is 2.30. The molecule has 0 radical (unpaired) electrons. The van der Waals surface area contributed by atoms with E-state index in [9.17, 15) is 4.79 Å². The first-order valence-corrected chi connectivity index (χ1v) is 7.22. The summed E-state index contributed by atoms with van der Waals surface area (Å²) in [5, 5.41) is 2.90. The van der Waals surface area contributed by atoms with Crippen LogP contribution in [0.1, 0.15) is 13.3 Å². The van der Waals surface area contributed by atoms with Gasteiger partial charge in [-0.3, -0.25) is 9.78 Å². The molecule has 0 saturated heterocycles. The summed E-state index contributed by atoms with van der Waals surface area (Å²) in [5.41, 5.74) is 8.24. The van der Waals surface area contributed by atoms with Gasteiger partial charge in [0.05, 0.1) is 12.8 Å². The van der Waals surface area contributed by atoms with E-state index in [-0.39, 0.29) is 11.8 Å². The molecule has 116 valence electrons. The molecule has 1 aromatic heterocycles. The predicted octanol–water partition coefficient (Wildman–Crippen LogP) is 2.68. The van der Waals surface area contributed by atoms with E-state index in [1.165, 1.54) is 0 Å². The van der Waals surface area contributed by atoms with Gasteiger partial charge in [-0.05, 0) is 47.9 Å². The molecular formula is C17H21N3O2. The number of methoxy groups -OCH3 is 1. The molecule has 1 amide bonds. The largest absolute Gasteiger partial charge is 0.495 e. The number of anilines is 1. The van der Waals surface area contributed by atoms with Gasteiger partial charge < -0.3 is 15.8 Å². The van der Waals surface area contributed by atoms with Gasteiger partial charge in [0, 0.05) is 18.8 Å². The third kappa shape index (κ3) is 4.05. The average molecular weight is 299 g/mol. The quantitative estimate of drug-likeness (QED) is 0.859. The second-order valence-corrected chi connectivity index (χ2v) is 5.24. The second kappa shape index (κ2) is 7.56. The van der Waals surface area contributed by atoms with Crippen molar-refractivity contribution in [3.63, 3.8) is 0 Å². The number of aromatic nitrogens is 1. The van der Waals surface area contributed by atoms with Crippen LogP contribution >= 0.6 is 0 Å². The summed E-state index contributed by atoms with van der Waals surface area (Å²) in [6.07, 6.45) is 3.86. The summed E-state index contributed by atoms with van der Waals surface area (Å²) in [5.74, 6) is 0.712. The first-order chi connectivity index (χ1) is 10.6. The van der Waals surface area contributed by atoms with Crippen LogP contribution in [0.15, 0.2) is 42.7 Å². The molecule has 0 saturated carbocycles. The van der Waals surface area contributed by atoms with Crippen molar-refractivity contribution in [2.45, 2.75) is 13.3 Å². The number of nitrogens with two attached hydrogens (primary N) is 1. The van der Waals surface area contributed by atoms with Gasteiger partial charge in [-0.25, -0.2) is 0 Å². The molecule has 0 aliphatic rings. The summed E-state index contributed by atoms with van der Waals surface area (Å²) in [6.45, 7) is 2.44. The van der Waals surface area contributed by atoms with Crippen molar-refractivity contribution in [2.24, 2.45) is 11.7 Å². The van der Waals surface area contributed by atoms with Crippen LogP contribution in [-0.2, 0) is 4.79 Å². The zero-order valence-corrected chi connectivity index (χ0v) is 12.9. The number of rotatable bonds is 6. The number of nitrogens with zero attached hydrogens (tertiary/aromatic N) is 1. The molecule has 1 unspecified atom stereocenters. The summed E-state index contributed by atoms with van der Waals surface area (Å²) >= 11 is 0. The number of carbonyl (C=O) groups excluding carboxylic acids is 1. The van der Waals surface area contributed by atoms with Crippen LogP contribution < -0.4 is 15.8 Å². The molecule has 1 atom stereocenters. The van der Waals surface area contributed by atoms with Crippen LogP contribution in [0.2, 0.25) is 0 Å². The topological polar surface area (TPSA) is 77.2 Å². The third-order valence-corrected chi connectivity index (χ3v) is 3.42. The van der Waals surface area contributed by atoms with Gasteiger partial charge >= 0.3 is 0 Å². The first kappa shape index (κ1) is 16.0. The van der Waals surface area contributed by atoms with Crippen molar-refractivity contribution >= 4 is 11.6 Å². The number of nitrogens with one attached hydrogen (secondary N) is 1. The fraction of sp³-hybridized carbons (Fsp3) is 0.294. The van der Waals surface area contributed by atoms with E-state index in [0.29, 0.717) is 24.4 Å². The number of ether oxygens (including phenoxy) is 1. The van der Waals surface area contributed by atoms with Crippen molar-refractivity contribution < 1.29 is 9.53 Å². The first-order valence-electron chi connectivity index (χ1n) is 7.22. The lowest BCUT2D eigenvalue weighted by atomic mass is 10.1. The van der Waals surface area contributed by atoms with Gasteiger partial charge in [-0.15, -0.1) is 0 Å². The maximum absolute atomic E-state index is 12.1. The van der Waals surface area contributed by atoms with Crippen LogP contribution in [0.4, 0.5) is 5.69 Å². The molecule has 0 fully saturated rings. The molecule has 1 aromatic carbocycles. The maximum atomic E-state index is 12.1. The van der Waals surface area contributed by atoms with Crippen molar-refractivity contribution in [1.29, 1.82) is 0 Å². The fourth-order valence-corrected chi connectivity index (χ4v) is 2.13. The van der Waals surface area contributed by atoms with Crippen LogP contribution in [0.5, 0.6) is 5.75 Å². The minimum Gasteiger partial charge on any atom is -0.495 e. The van der Waals surface area contributed by atoms with Gasteiger partial charge in [-0.2, -0.15) is 0 Å². The van der Waals surface area contributed by atoms with Crippen molar-refractivity contribution in [1.82, 2.24) is 4.98 Å². The Balaban J connectivity index is 2.23. The molecule has 0 spiro atoms. The average Bonchev–Trinajstić information content (AvgIpc) is 2.55. The Hall–Kier alpha value is -2.40.